The van der Waals surface area contributed by atoms with Gasteiger partial charge in [-0.3, -0.25) is 0 Å². The van der Waals surface area contributed by atoms with Crippen molar-refractivity contribution in [2.45, 2.75) is 39.0 Å². The normalized spacial score (nSPS) is 12.7. The van der Waals surface area contributed by atoms with E-state index in [1.807, 2.05) is 20.8 Å². The van der Waals surface area contributed by atoms with Crippen LogP contribution >= 0.6 is 0 Å². The summed E-state index contributed by atoms with van der Waals surface area (Å²) in [5.74, 6) is -3.11. The maximum absolute atomic E-state index is 13.3. The van der Waals surface area contributed by atoms with Gasteiger partial charge in [0.05, 0.1) is 18.4 Å². The number of nitrogens with zero attached hydrogens (tertiary/aromatic N) is 2. The largest absolute Gasteiger partial charge is 0.480 e. The molecular weight excluding hydrogens is 214 g/mol. The molecule has 0 fully saturated rings. The van der Waals surface area contributed by atoms with Gasteiger partial charge in [-0.25, -0.2) is 8.78 Å². The molecule has 1 rings (SSSR count). The topological polar surface area (TPSA) is 35.0 Å². The van der Waals surface area contributed by atoms with Gasteiger partial charge >= 0.3 is 0 Å². The van der Waals surface area contributed by atoms with Crippen molar-refractivity contribution in [2.75, 3.05) is 7.11 Å². The highest BCUT2D eigenvalue weighted by molar-refractivity contribution is 5.32. The first-order valence-corrected chi connectivity index (χ1v) is 4.96. The lowest BCUT2D eigenvalue weighted by atomic mass is 9.91. The summed E-state index contributed by atoms with van der Waals surface area (Å²) in [7, 11) is 1.30. The molecule has 0 N–H and O–H groups in total. The van der Waals surface area contributed by atoms with Gasteiger partial charge in [-0.15, -0.1) is 5.10 Å². The zero-order valence-electron chi connectivity index (χ0n) is 10.1. The van der Waals surface area contributed by atoms with Crippen LogP contribution in [0.2, 0.25) is 0 Å². The Morgan fingerprint density at radius 3 is 2.06 bits per heavy atom. The quantitative estimate of drug-likeness (QED) is 0.783. The molecular formula is C11H16F2N2O. The summed E-state index contributed by atoms with van der Waals surface area (Å²) >= 11 is 0. The van der Waals surface area contributed by atoms with Crippen molar-refractivity contribution in [1.82, 2.24) is 10.2 Å². The molecule has 0 bridgehead atoms. The molecule has 0 aliphatic carbocycles. The maximum atomic E-state index is 13.3. The highest BCUT2D eigenvalue weighted by Gasteiger charge is 2.32. The molecule has 0 amide bonds. The first-order chi connectivity index (χ1) is 7.16. The summed E-state index contributed by atoms with van der Waals surface area (Å²) in [6, 6.07) is 1.35. The fourth-order valence-corrected chi connectivity index (χ4v) is 1.21. The van der Waals surface area contributed by atoms with E-state index in [2.05, 4.69) is 10.2 Å². The number of hydrogen-bond donors (Lipinski definition) is 0. The summed E-state index contributed by atoms with van der Waals surface area (Å²) < 4.78 is 31.4. The summed E-state index contributed by atoms with van der Waals surface area (Å²) in [5, 5.41) is 7.56. The molecule has 0 aliphatic rings. The zero-order valence-corrected chi connectivity index (χ0v) is 10.1. The molecule has 1 aromatic rings. The van der Waals surface area contributed by atoms with Gasteiger partial charge in [0.2, 0.25) is 5.88 Å². The Balaban J connectivity index is 3.34. The lowest BCUT2D eigenvalue weighted by Gasteiger charge is -2.20. The Kier molecular flexibility index (Phi) is 3.17. The fourth-order valence-electron chi connectivity index (χ4n) is 1.21. The monoisotopic (exact) mass is 230 g/mol. The number of rotatable bonds is 2. The summed E-state index contributed by atoms with van der Waals surface area (Å²) in [6.45, 7) is 6.49. The van der Waals surface area contributed by atoms with Crippen LogP contribution in [0.4, 0.5) is 8.78 Å². The summed E-state index contributed by atoms with van der Waals surface area (Å²) in [5.41, 5.74) is -0.0287. The van der Waals surface area contributed by atoms with Gasteiger partial charge in [0.1, 0.15) is 0 Å². The van der Waals surface area contributed by atoms with Crippen LogP contribution in [-0.2, 0) is 11.3 Å². The van der Waals surface area contributed by atoms with Crippen LogP contribution < -0.4 is 4.74 Å². The molecule has 3 nitrogen and oxygen atoms in total. The molecule has 0 aromatic carbocycles. The Labute approximate surface area is 93.8 Å². The number of ether oxygens (including phenoxy) is 1. The number of halogens is 2. The van der Waals surface area contributed by atoms with Gasteiger partial charge in [-0.05, 0) is 6.07 Å². The molecule has 0 aliphatic heterocycles. The van der Waals surface area contributed by atoms with Crippen LogP contribution in [0, 0.1) is 0 Å². The van der Waals surface area contributed by atoms with Crippen LogP contribution in [0.15, 0.2) is 6.07 Å². The van der Waals surface area contributed by atoms with Crippen LogP contribution in [0.1, 0.15) is 39.0 Å². The SMILES string of the molecule is COc1nnc(C(C)(C)C)cc1C(C)(F)F. The first-order valence-electron chi connectivity index (χ1n) is 4.96. The van der Waals surface area contributed by atoms with E-state index in [-0.39, 0.29) is 16.9 Å². The minimum atomic E-state index is -2.98. The van der Waals surface area contributed by atoms with Gasteiger partial charge in [-0.1, -0.05) is 20.8 Å². The molecule has 90 valence electrons. The van der Waals surface area contributed by atoms with Crippen LogP contribution in [0.3, 0.4) is 0 Å². The predicted octanol–water partition coefficient (Wildman–Crippen LogP) is 2.89. The Morgan fingerprint density at radius 2 is 1.69 bits per heavy atom. The van der Waals surface area contributed by atoms with Gasteiger partial charge < -0.3 is 4.74 Å². The van der Waals surface area contributed by atoms with E-state index in [4.69, 9.17) is 4.74 Å². The Hall–Kier alpha value is -1.26. The fraction of sp³-hybridized carbons (Fsp3) is 0.636. The van der Waals surface area contributed by atoms with Crippen LogP contribution in [0.5, 0.6) is 5.88 Å². The molecule has 1 heterocycles. The lowest BCUT2D eigenvalue weighted by molar-refractivity contribution is 0.0140. The summed E-state index contributed by atoms with van der Waals surface area (Å²) in [4.78, 5) is 0. The second-order valence-electron chi connectivity index (χ2n) is 4.79. The molecule has 0 atom stereocenters. The van der Waals surface area contributed by atoms with Gasteiger partial charge in [0.25, 0.3) is 5.92 Å². The number of alkyl halides is 2. The lowest BCUT2D eigenvalue weighted by Crippen LogP contribution is -2.18. The van der Waals surface area contributed by atoms with Gasteiger partial charge in [0, 0.05) is 12.3 Å². The molecule has 16 heavy (non-hydrogen) atoms. The maximum Gasteiger partial charge on any atom is 0.275 e. The second-order valence-corrected chi connectivity index (χ2v) is 4.79. The number of methoxy groups -OCH3 is 1. The minimum Gasteiger partial charge on any atom is -0.480 e. The molecule has 0 saturated heterocycles. The molecule has 0 spiro atoms. The molecule has 0 radical (unpaired) electrons. The van der Waals surface area contributed by atoms with Crippen molar-refractivity contribution in [1.29, 1.82) is 0 Å². The van der Waals surface area contributed by atoms with Crippen LogP contribution in [0.25, 0.3) is 0 Å². The van der Waals surface area contributed by atoms with E-state index in [1.54, 1.807) is 0 Å². The van der Waals surface area contributed by atoms with Crippen molar-refractivity contribution in [3.63, 3.8) is 0 Å². The van der Waals surface area contributed by atoms with E-state index < -0.39 is 5.92 Å². The molecule has 1 aromatic heterocycles. The summed E-state index contributed by atoms with van der Waals surface area (Å²) in [6.07, 6.45) is 0. The third kappa shape index (κ3) is 2.65. The van der Waals surface area contributed by atoms with E-state index in [0.717, 1.165) is 6.92 Å². The highest BCUT2D eigenvalue weighted by atomic mass is 19.3. The predicted molar refractivity (Wildman–Crippen MR) is 56.9 cm³/mol. The Bertz CT molecular complexity index is 381. The van der Waals surface area contributed by atoms with E-state index >= 15 is 0 Å². The average molecular weight is 230 g/mol. The van der Waals surface area contributed by atoms with E-state index in [1.165, 1.54) is 13.2 Å². The molecule has 0 saturated carbocycles. The van der Waals surface area contributed by atoms with Gasteiger partial charge in [0.15, 0.2) is 0 Å². The van der Waals surface area contributed by atoms with E-state index in [0.29, 0.717) is 5.69 Å². The van der Waals surface area contributed by atoms with Crippen molar-refractivity contribution in [3.8, 4) is 5.88 Å². The van der Waals surface area contributed by atoms with Crippen molar-refractivity contribution < 1.29 is 13.5 Å². The minimum absolute atomic E-state index is 0.125. The van der Waals surface area contributed by atoms with Crippen LogP contribution in [-0.4, -0.2) is 17.3 Å². The first kappa shape index (κ1) is 12.8. The van der Waals surface area contributed by atoms with Crippen molar-refractivity contribution >= 4 is 0 Å². The van der Waals surface area contributed by atoms with Crippen molar-refractivity contribution in [3.05, 3.63) is 17.3 Å². The standard InChI is InChI=1S/C11H16F2N2O/c1-10(2,3)8-6-7(11(4,12)13)9(16-5)15-14-8/h6H,1-5H3. The zero-order chi connectivity index (χ0) is 12.6. The third-order valence-corrected chi connectivity index (χ3v) is 2.19. The van der Waals surface area contributed by atoms with Gasteiger partial charge in [-0.2, -0.15) is 5.10 Å². The third-order valence-electron chi connectivity index (χ3n) is 2.19. The number of hydrogen-bond acceptors (Lipinski definition) is 3. The Morgan fingerprint density at radius 1 is 1.12 bits per heavy atom. The molecule has 0 unspecified atom stereocenters. The smallest absolute Gasteiger partial charge is 0.275 e. The second kappa shape index (κ2) is 3.96. The highest BCUT2D eigenvalue weighted by Crippen LogP contribution is 2.34. The van der Waals surface area contributed by atoms with Crippen molar-refractivity contribution in [2.24, 2.45) is 0 Å². The number of aromatic nitrogens is 2. The average Bonchev–Trinajstić information content (AvgIpc) is 2.14. The van der Waals surface area contributed by atoms with E-state index in [9.17, 15) is 8.78 Å². The molecule has 5 heteroatoms.